The number of hydrogen-bond acceptors (Lipinski definition) is 10. The van der Waals surface area contributed by atoms with E-state index in [2.05, 4.69) is 25.4 Å². The summed E-state index contributed by atoms with van der Waals surface area (Å²) in [7, 11) is -2.38. The molecule has 1 aliphatic heterocycles. The summed E-state index contributed by atoms with van der Waals surface area (Å²) in [4.78, 5) is 2.04. The summed E-state index contributed by atoms with van der Waals surface area (Å²) >= 11 is 1.28. The van der Waals surface area contributed by atoms with Crippen molar-refractivity contribution in [3.05, 3.63) is 54.1 Å². The molecule has 11 nitrogen and oxygen atoms in total. The predicted molar refractivity (Wildman–Crippen MR) is 159 cm³/mol. The molecule has 212 valence electrons. The number of azo groups is 1. The van der Waals surface area contributed by atoms with Crippen LogP contribution in [0.5, 0.6) is 0 Å². The van der Waals surface area contributed by atoms with E-state index in [-0.39, 0.29) is 11.8 Å². The van der Waals surface area contributed by atoms with Crippen LogP contribution in [0.2, 0.25) is 0 Å². The van der Waals surface area contributed by atoms with Crippen LogP contribution in [0.4, 0.5) is 27.3 Å². The first-order valence-electron chi connectivity index (χ1n) is 12.7. The zero-order valence-corrected chi connectivity index (χ0v) is 24.8. The summed E-state index contributed by atoms with van der Waals surface area (Å²) in [5, 5.41) is 17.5. The lowest BCUT2D eigenvalue weighted by molar-refractivity contribution is -0.712. The highest BCUT2D eigenvalue weighted by Crippen LogP contribution is 2.46. The number of unbranched alkanes of at least 4 members (excludes halogenated alkanes) is 1. The van der Waals surface area contributed by atoms with E-state index in [4.69, 9.17) is 0 Å². The Morgan fingerprint density at radius 1 is 1.21 bits per heavy atom. The molecule has 0 amide bonds. The number of anilines is 3. The van der Waals surface area contributed by atoms with Crippen LogP contribution in [0, 0.1) is 0 Å². The van der Waals surface area contributed by atoms with Gasteiger partial charge in [-0.3, -0.25) is 13.8 Å². The topological polar surface area (TPSA) is 143 Å². The summed E-state index contributed by atoms with van der Waals surface area (Å²) in [5.74, 6) is 0.719. The molecule has 1 saturated heterocycles. The van der Waals surface area contributed by atoms with Crippen LogP contribution < -0.4 is 19.6 Å². The maximum Gasteiger partial charge on any atom is 0.431 e. The predicted octanol–water partition coefficient (Wildman–Crippen LogP) is 5.50. The molecule has 4 N–H and O–H groups in total. The minimum Gasteiger partial charge on any atom is -0.370 e. The highest BCUT2D eigenvalue weighted by molar-refractivity contribution is 8.24. The summed E-state index contributed by atoms with van der Waals surface area (Å²) in [5.41, 5.74) is 2.72. The molecule has 0 bridgehead atoms. The van der Waals surface area contributed by atoms with E-state index in [9.17, 15) is 17.5 Å². The Morgan fingerprint density at radius 3 is 2.67 bits per heavy atom. The molecule has 1 unspecified atom stereocenters. The fourth-order valence-corrected chi connectivity index (χ4v) is 7.94. The molecule has 2 aromatic carbocycles. The fourth-order valence-electron chi connectivity index (χ4n) is 4.13. The van der Waals surface area contributed by atoms with Gasteiger partial charge in [-0.1, -0.05) is 48.8 Å². The minimum atomic E-state index is -3.56. The van der Waals surface area contributed by atoms with Gasteiger partial charge in [0.25, 0.3) is 0 Å². The Morgan fingerprint density at radius 2 is 1.97 bits per heavy atom. The number of rotatable bonds is 12. The van der Waals surface area contributed by atoms with Gasteiger partial charge < -0.3 is 10.2 Å². The average Bonchev–Trinajstić information content (AvgIpc) is 3.42. The minimum absolute atomic E-state index is 0.0227. The van der Waals surface area contributed by atoms with Crippen LogP contribution in [0.1, 0.15) is 31.7 Å². The number of nitrogens with one attached hydrogen (secondary N) is 2. The smallest absolute Gasteiger partial charge is 0.370 e. The fraction of sp³-hybridized carbons (Fsp3) is 0.440. The van der Waals surface area contributed by atoms with Crippen molar-refractivity contribution in [1.82, 2.24) is 5.10 Å². The number of benzene rings is 2. The average molecular weight is 595 g/mol. The third-order valence-electron chi connectivity index (χ3n) is 6.25. The van der Waals surface area contributed by atoms with E-state index in [0.717, 1.165) is 17.7 Å². The van der Waals surface area contributed by atoms with Gasteiger partial charge in [-0.25, -0.2) is 8.42 Å². The Balaban J connectivity index is 1.56. The molecule has 0 aliphatic carbocycles. The van der Waals surface area contributed by atoms with Crippen LogP contribution in [0.15, 0.2) is 58.8 Å². The summed E-state index contributed by atoms with van der Waals surface area (Å²) < 4.78 is 49.6. The standard InChI is InChI=1S/C25H35N7O4S3/c1-4-5-14-39(35,36)30-23-16-21(31(2)17-19-9-7-6-8-10-19)11-12-22(23)27-28-25-32(3)29-24(37-25)26-20-13-15-38(33,34)18-20/h6-12,16,20H,4-5,13-15,17-18H2,1-3H3,(H3,26,29,33,34)/p+1. The first-order chi connectivity index (χ1) is 18.5. The first kappa shape index (κ1) is 29.2. The molecule has 1 fully saturated rings. The SMILES string of the molecule is CCCCS(=O)(=O)Nc1cc(N(C)Cc2ccccc2)ccc1N=Nc1sc(NC2CCS(O)(O)C2)n[n+]1C. The lowest BCUT2D eigenvalue weighted by atomic mass is 10.2. The maximum absolute atomic E-state index is 12.8. The van der Waals surface area contributed by atoms with Crippen LogP contribution in [0.3, 0.4) is 0 Å². The molecule has 4 rings (SSSR count). The molecule has 0 saturated carbocycles. The van der Waals surface area contributed by atoms with Gasteiger partial charge in [0, 0.05) is 31.1 Å². The van der Waals surface area contributed by atoms with E-state index >= 15 is 0 Å². The lowest BCUT2D eigenvalue weighted by Gasteiger charge is -2.25. The van der Waals surface area contributed by atoms with Gasteiger partial charge in [-0.2, -0.15) is 10.6 Å². The van der Waals surface area contributed by atoms with Crippen LogP contribution in [-0.4, -0.2) is 53.0 Å². The molecule has 3 aromatic rings. The number of aromatic nitrogens is 2. The largest absolute Gasteiger partial charge is 0.431 e. The second-order valence-electron chi connectivity index (χ2n) is 9.63. The Kier molecular flexibility index (Phi) is 9.43. The second kappa shape index (κ2) is 12.6. The van der Waals surface area contributed by atoms with Crippen molar-refractivity contribution in [3.63, 3.8) is 0 Å². The molecule has 0 spiro atoms. The van der Waals surface area contributed by atoms with Crippen LogP contribution >= 0.6 is 21.9 Å². The van der Waals surface area contributed by atoms with Crippen LogP contribution in [0.25, 0.3) is 0 Å². The maximum atomic E-state index is 12.8. The van der Waals surface area contributed by atoms with Gasteiger partial charge in [0.1, 0.15) is 12.7 Å². The monoisotopic (exact) mass is 594 g/mol. The molecule has 39 heavy (non-hydrogen) atoms. The van der Waals surface area contributed by atoms with Gasteiger partial charge in [-0.15, -0.1) is 4.68 Å². The quantitative estimate of drug-likeness (QED) is 0.160. The van der Waals surface area contributed by atoms with Gasteiger partial charge in [0.05, 0.1) is 22.3 Å². The van der Waals surface area contributed by atoms with Gasteiger partial charge in [0.2, 0.25) is 15.2 Å². The second-order valence-corrected chi connectivity index (χ2v) is 14.8. The van der Waals surface area contributed by atoms with E-state index in [1.807, 2.05) is 55.3 Å². The van der Waals surface area contributed by atoms with E-state index in [1.54, 1.807) is 23.9 Å². The number of hydrogen-bond donors (Lipinski definition) is 4. The van der Waals surface area contributed by atoms with Crippen molar-refractivity contribution in [2.24, 2.45) is 17.3 Å². The zero-order chi connectivity index (χ0) is 28.0. The number of aryl methyl sites for hydroxylation is 1. The van der Waals surface area contributed by atoms with E-state index in [0.29, 0.717) is 52.5 Å². The number of nitrogens with zero attached hydrogens (tertiary/aromatic N) is 5. The normalized spacial score (nSPS) is 17.8. The van der Waals surface area contributed by atoms with E-state index < -0.39 is 20.6 Å². The summed E-state index contributed by atoms with van der Waals surface area (Å²) in [6.45, 7) is 2.61. The van der Waals surface area contributed by atoms with Gasteiger partial charge in [-0.05, 0) is 53.1 Å². The summed E-state index contributed by atoms with van der Waals surface area (Å²) in [6.07, 6.45) is 1.99. The van der Waals surface area contributed by atoms with Crippen molar-refractivity contribution in [3.8, 4) is 0 Å². The van der Waals surface area contributed by atoms with Crippen LogP contribution in [-0.2, 0) is 23.6 Å². The van der Waals surface area contributed by atoms with Crippen molar-refractivity contribution in [1.29, 1.82) is 0 Å². The van der Waals surface area contributed by atoms with Crippen molar-refractivity contribution < 1.29 is 22.2 Å². The van der Waals surface area contributed by atoms with E-state index in [1.165, 1.54) is 11.3 Å². The molecular formula is C25H36N7O4S3+. The highest BCUT2D eigenvalue weighted by Gasteiger charge is 2.30. The molecule has 1 aliphatic rings. The van der Waals surface area contributed by atoms with Crippen molar-refractivity contribution in [2.45, 2.75) is 38.8 Å². The molecular weight excluding hydrogens is 559 g/mol. The molecule has 14 heteroatoms. The highest BCUT2D eigenvalue weighted by atomic mass is 32.3. The number of sulfonamides is 1. The Bertz CT molecular complexity index is 1400. The van der Waals surface area contributed by atoms with Gasteiger partial charge >= 0.3 is 5.13 Å². The molecule has 2 heterocycles. The van der Waals surface area contributed by atoms with Crippen molar-refractivity contribution in [2.75, 3.05) is 39.2 Å². The zero-order valence-electron chi connectivity index (χ0n) is 22.3. The molecule has 1 aromatic heterocycles. The molecule has 1 atom stereocenters. The third kappa shape index (κ3) is 8.35. The lowest BCUT2D eigenvalue weighted by Crippen LogP contribution is -2.30. The van der Waals surface area contributed by atoms with Gasteiger partial charge in [0.15, 0.2) is 0 Å². The van der Waals surface area contributed by atoms with Crippen molar-refractivity contribution >= 4 is 59.3 Å². The Hall–Kier alpha value is -2.78. The Labute approximate surface area is 235 Å². The summed E-state index contributed by atoms with van der Waals surface area (Å²) in [6, 6.07) is 15.4. The molecule has 0 radical (unpaired) electrons. The first-order valence-corrected chi connectivity index (χ1v) is 17.1. The third-order valence-corrected chi connectivity index (χ3v) is 10.4.